The molecule has 0 radical (unpaired) electrons. The highest BCUT2D eigenvalue weighted by Gasteiger charge is 2.41. The number of aryl methyl sites for hydroxylation is 1. The van der Waals surface area contributed by atoms with Gasteiger partial charge in [-0.2, -0.15) is 0 Å². The minimum Gasteiger partial charge on any atom is -0.342 e. The molecule has 0 aliphatic carbocycles. The third-order valence-electron chi connectivity index (χ3n) is 6.88. The van der Waals surface area contributed by atoms with Crippen LogP contribution in [0, 0.1) is 11.8 Å². The Hall–Kier alpha value is -3.34. The molecule has 2 saturated heterocycles. The number of anilines is 2. The number of carbonyl (C=O) groups is 4. The molecule has 37 heavy (non-hydrogen) atoms. The van der Waals surface area contributed by atoms with Crippen LogP contribution in [0.4, 0.5) is 10.8 Å². The molecule has 1 atom stereocenters. The Balaban J connectivity index is 1.32. The molecule has 11 heteroatoms. The maximum Gasteiger partial charge on any atom is 0.259 e. The fourth-order valence-corrected chi connectivity index (χ4v) is 5.45. The molecule has 0 spiro atoms. The molecular formula is C26H34N6O4S. The van der Waals surface area contributed by atoms with Crippen molar-refractivity contribution in [3.63, 3.8) is 0 Å². The van der Waals surface area contributed by atoms with Crippen LogP contribution >= 0.6 is 11.3 Å². The van der Waals surface area contributed by atoms with E-state index in [-0.39, 0.29) is 47.4 Å². The van der Waals surface area contributed by atoms with E-state index in [0.717, 1.165) is 11.4 Å². The molecule has 0 saturated carbocycles. The number of piperidine rings is 1. The van der Waals surface area contributed by atoms with Gasteiger partial charge in [-0.05, 0) is 52.2 Å². The number of carbonyl (C=O) groups excluding carboxylic acids is 4. The van der Waals surface area contributed by atoms with Crippen LogP contribution in [-0.2, 0) is 20.8 Å². The van der Waals surface area contributed by atoms with Crippen LogP contribution in [0.2, 0.25) is 0 Å². The summed E-state index contributed by atoms with van der Waals surface area (Å²) in [5.74, 6) is -1.14. The molecule has 2 fully saturated rings. The van der Waals surface area contributed by atoms with E-state index in [1.807, 2.05) is 27.7 Å². The minimum atomic E-state index is -0.370. The minimum absolute atomic E-state index is 0.0103. The average molecular weight is 527 g/mol. The predicted molar refractivity (Wildman–Crippen MR) is 141 cm³/mol. The quantitative estimate of drug-likeness (QED) is 0.596. The highest BCUT2D eigenvalue weighted by Crippen LogP contribution is 2.29. The van der Waals surface area contributed by atoms with Crippen LogP contribution in [0.5, 0.6) is 0 Å². The van der Waals surface area contributed by atoms with Gasteiger partial charge in [0.25, 0.3) is 5.91 Å². The third kappa shape index (κ3) is 6.15. The molecule has 1 unspecified atom stereocenters. The van der Waals surface area contributed by atoms with Crippen molar-refractivity contribution < 1.29 is 19.2 Å². The molecule has 2 N–H and O–H groups in total. The van der Waals surface area contributed by atoms with E-state index in [1.165, 1.54) is 11.3 Å². The summed E-state index contributed by atoms with van der Waals surface area (Å²) in [5.41, 5.74) is 0.460. The third-order valence-corrected chi connectivity index (χ3v) is 7.86. The number of amides is 4. The van der Waals surface area contributed by atoms with E-state index >= 15 is 0 Å². The topological polar surface area (TPSA) is 125 Å². The van der Waals surface area contributed by atoms with Crippen molar-refractivity contribution in [2.45, 2.75) is 58.9 Å². The van der Waals surface area contributed by atoms with Crippen molar-refractivity contribution in [2.75, 3.05) is 30.3 Å². The van der Waals surface area contributed by atoms with Crippen molar-refractivity contribution in [3.05, 3.63) is 34.8 Å². The summed E-state index contributed by atoms with van der Waals surface area (Å²) >= 11 is 1.32. The van der Waals surface area contributed by atoms with Gasteiger partial charge in [0.1, 0.15) is 5.01 Å². The van der Waals surface area contributed by atoms with E-state index in [9.17, 15) is 19.2 Å². The van der Waals surface area contributed by atoms with E-state index in [4.69, 9.17) is 0 Å². The maximum absolute atomic E-state index is 13.1. The number of hydrogen-bond acceptors (Lipinski definition) is 7. The van der Waals surface area contributed by atoms with Crippen LogP contribution in [0.3, 0.4) is 0 Å². The van der Waals surface area contributed by atoms with Gasteiger partial charge in [-0.25, -0.2) is 0 Å². The van der Waals surface area contributed by atoms with E-state index < -0.39 is 0 Å². The van der Waals surface area contributed by atoms with Crippen LogP contribution in [0.1, 0.15) is 62.3 Å². The molecule has 198 valence electrons. The fraction of sp³-hybridized carbons (Fsp3) is 0.538. The summed E-state index contributed by atoms with van der Waals surface area (Å²) in [6.07, 6.45) is 2.03. The van der Waals surface area contributed by atoms with Crippen LogP contribution in [0.15, 0.2) is 24.3 Å². The Morgan fingerprint density at radius 3 is 2.38 bits per heavy atom. The lowest BCUT2D eigenvalue weighted by Crippen LogP contribution is -2.46. The molecule has 0 bridgehead atoms. The van der Waals surface area contributed by atoms with Gasteiger partial charge in [0, 0.05) is 37.5 Å². The largest absolute Gasteiger partial charge is 0.342 e. The maximum atomic E-state index is 13.1. The summed E-state index contributed by atoms with van der Waals surface area (Å²) in [6, 6.07) is 6.84. The number of para-hydroxylation sites is 1. The average Bonchev–Trinajstić information content (AvgIpc) is 3.50. The molecule has 4 rings (SSSR count). The molecule has 2 aliphatic rings. The van der Waals surface area contributed by atoms with Gasteiger partial charge in [-0.15, -0.1) is 10.2 Å². The SMILES string of the molecule is CCc1nnc(NC(=O)c2ccccc2NC(=O)C2CCN(C(=O)C3CC(=O)N(C(C)(C)C)C3)CC2)s1. The highest BCUT2D eigenvalue weighted by atomic mass is 32.1. The first-order valence-corrected chi connectivity index (χ1v) is 13.5. The predicted octanol–water partition coefficient (Wildman–Crippen LogP) is 3.18. The number of likely N-dealkylation sites (tertiary alicyclic amines) is 2. The number of nitrogens with one attached hydrogen (secondary N) is 2. The number of aromatic nitrogens is 2. The first kappa shape index (κ1) is 26.7. The Labute approximate surface area is 220 Å². The Kier molecular flexibility index (Phi) is 7.91. The molecule has 1 aromatic heterocycles. The highest BCUT2D eigenvalue weighted by molar-refractivity contribution is 7.15. The van der Waals surface area contributed by atoms with Crippen LogP contribution in [-0.4, -0.2) is 68.8 Å². The summed E-state index contributed by atoms with van der Waals surface area (Å²) < 4.78 is 0. The van der Waals surface area contributed by atoms with E-state index in [2.05, 4.69) is 20.8 Å². The van der Waals surface area contributed by atoms with E-state index in [1.54, 1.807) is 34.1 Å². The monoisotopic (exact) mass is 526 g/mol. The Morgan fingerprint density at radius 2 is 1.76 bits per heavy atom. The van der Waals surface area contributed by atoms with Gasteiger partial charge in [-0.3, -0.25) is 24.5 Å². The number of nitrogens with zero attached hydrogens (tertiary/aromatic N) is 4. The van der Waals surface area contributed by atoms with Crippen molar-refractivity contribution in [1.29, 1.82) is 0 Å². The van der Waals surface area contributed by atoms with Crippen LogP contribution in [0.25, 0.3) is 0 Å². The Morgan fingerprint density at radius 1 is 1.05 bits per heavy atom. The summed E-state index contributed by atoms with van der Waals surface area (Å²) in [7, 11) is 0. The summed E-state index contributed by atoms with van der Waals surface area (Å²) in [5, 5.41) is 14.9. The standard InChI is InChI=1S/C26H34N6O4S/c1-5-20-29-30-25(37-20)28-23(35)18-8-6-7-9-19(18)27-22(34)16-10-12-31(13-11-16)24(36)17-14-21(33)32(15-17)26(2,3)4/h6-9,16-17H,5,10-15H2,1-4H3,(H,27,34)(H,28,30,35). The lowest BCUT2D eigenvalue weighted by molar-refractivity contribution is -0.138. The van der Waals surface area contributed by atoms with Crippen LogP contribution < -0.4 is 10.6 Å². The zero-order chi connectivity index (χ0) is 26.7. The van der Waals surface area contributed by atoms with E-state index in [0.29, 0.717) is 48.9 Å². The first-order chi connectivity index (χ1) is 17.6. The smallest absolute Gasteiger partial charge is 0.259 e. The molecule has 3 heterocycles. The molecule has 2 aromatic rings. The van der Waals surface area contributed by atoms with Crippen molar-refractivity contribution in [1.82, 2.24) is 20.0 Å². The molecule has 4 amide bonds. The zero-order valence-electron chi connectivity index (χ0n) is 21.7. The van der Waals surface area contributed by atoms with Gasteiger partial charge in [0.2, 0.25) is 22.9 Å². The van der Waals surface area contributed by atoms with Crippen molar-refractivity contribution in [2.24, 2.45) is 11.8 Å². The normalized spacial score (nSPS) is 18.7. The van der Waals surface area contributed by atoms with Gasteiger partial charge in [-0.1, -0.05) is 30.4 Å². The second-order valence-electron chi connectivity index (χ2n) is 10.5. The molecule has 2 aliphatic heterocycles. The summed E-state index contributed by atoms with van der Waals surface area (Å²) in [6.45, 7) is 9.27. The first-order valence-electron chi connectivity index (χ1n) is 12.7. The van der Waals surface area contributed by atoms with Gasteiger partial charge in [0.05, 0.1) is 17.2 Å². The Bertz CT molecular complexity index is 1180. The second-order valence-corrected chi connectivity index (χ2v) is 11.6. The number of benzene rings is 1. The summed E-state index contributed by atoms with van der Waals surface area (Å²) in [4.78, 5) is 54.9. The van der Waals surface area contributed by atoms with Gasteiger partial charge >= 0.3 is 0 Å². The van der Waals surface area contributed by atoms with Gasteiger partial charge < -0.3 is 15.1 Å². The second kappa shape index (κ2) is 11.0. The lowest BCUT2D eigenvalue weighted by Gasteiger charge is -2.34. The fourth-order valence-electron chi connectivity index (χ4n) is 4.78. The van der Waals surface area contributed by atoms with Crippen molar-refractivity contribution in [3.8, 4) is 0 Å². The molecule has 1 aromatic carbocycles. The van der Waals surface area contributed by atoms with Crippen molar-refractivity contribution >= 4 is 45.8 Å². The number of hydrogen-bond donors (Lipinski definition) is 2. The molecular weight excluding hydrogens is 492 g/mol. The zero-order valence-corrected chi connectivity index (χ0v) is 22.6. The lowest BCUT2D eigenvalue weighted by atomic mass is 9.94. The molecule has 10 nitrogen and oxygen atoms in total. The van der Waals surface area contributed by atoms with Gasteiger partial charge in [0.15, 0.2) is 0 Å². The number of rotatable bonds is 6.